The Balaban J connectivity index is 0.969. The average Bonchev–Trinajstić information content (AvgIpc) is 3.76. The zero-order valence-corrected chi connectivity index (χ0v) is 38.7. The molecule has 0 amide bonds. The van der Waals surface area contributed by atoms with Crippen molar-refractivity contribution in [3.05, 3.63) is 246 Å². The lowest BCUT2D eigenvalue weighted by molar-refractivity contribution is 0.669. The van der Waals surface area contributed by atoms with Gasteiger partial charge in [0.15, 0.2) is 0 Å². The van der Waals surface area contributed by atoms with Crippen LogP contribution in [0.2, 0.25) is 0 Å². The van der Waals surface area contributed by atoms with Crippen LogP contribution in [0, 0.1) is 20.8 Å². The van der Waals surface area contributed by atoms with E-state index in [0.29, 0.717) is 0 Å². The topological polar surface area (TPSA) is 51.8 Å². The molecule has 0 atom stereocenters. The van der Waals surface area contributed by atoms with E-state index in [1.807, 2.05) is 30.7 Å². The van der Waals surface area contributed by atoms with Crippen LogP contribution in [0.5, 0.6) is 0 Å². The standard InChI is InChI=1S/C64H51N3O/c1-42-12-31-60(65-39-42)49-23-19-45(20-24-49)15-17-47-34-48(18-16-46-21-25-50(26-22-46)61-32-13-43(2)40-66-61)36-53(35-47)54-8-4-5-9-55(54)56-29-28-52(62-33-14-44(3)41-67-62)37-59(56)51-27-30-58-57-10-6-7-11-63(57)68-64(58)38-51/h4-14,19-41H,15-18H2,1-3H3. The first kappa shape index (κ1) is 42.4. The molecular weight excluding hydrogens is 827 g/mol. The fourth-order valence-corrected chi connectivity index (χ4v) is 9.42. The summed E-state index contributed by atoms with van der Waals surface area (Å²) in [5.74, 6) is 0. The van der Waals surface area contributed by atoms with Crippen molar-refractivity contribution in [2.24, 2.45) is 0 Å². The van der Waals surface area contributed by atoms with Crippen molar-refractivity contribution in [1.82, 2.24) is 15.0 Å². The normalized spacial score (nSPS) is 11.4. The maximum Gasteiger partial charge on any atom is 0.136 e. The van der Waals surface area contributed by atoms with Crippen molar-refractivity contribution in [3.63, 3.8) is 0 Å². The molecule has 0 unspecified atom stereocenters. The Labute approximate surface area is 398 Å². The third-order valence-corrected chi connectivity index (χ3v) is 13.2. The van der Waals surface area contributed by atoms with E-state index in [1.54, 1.807) is 0 Å². The number of para-hydroxylation sites is 1. The van der Waals surface area contributed by atoms with E-state index < -0.39 is 0 Å². The Kier molecular flexibility index (Phi) is 11.6. The Bertz CT molecular complexity index is 3440. The Morgan fingerprint density at radius 3 is 1.35 bits per heavy atom. The third-order valence-electron chi connectivity index (χ3n) is 13.2. The number of aryl methyl sites for hydroxylation is 7. The van der Waals surface area contributed by atoms with Gasteiger partial charge in [-0.05, 0) is 161 Å². The van der Waals surface area contributed by atoms with Gasteiger partial charge in [0.05, 0.1) is 17.1 Å². The quantitative estimate of drug-likeness (QED) is 0.123. The molecule has 7 aromatic carbocycles. The van der Waals surface area contributed by atoms with Crippen LogP contribution < -0.4 is 0 Å². The fraction of sp³-hybridized carbons (Fsp3) is 0.109. The largest absolute Gasteiger partial charge is 0.456 e. The summed E-state index contributed by atoms with van der Waals surface area (Å²) in [6, 6.07) is 68.4. The minimum atomic E-state index is 0.877. The second-order valence-corrected chi connectivity index (χ2v) is 18.2. The Morgan fingerprint density at radius 2 is 0.779 bits per heavy atom. The van der Waals surface area contributed by atoms with Gasteiger partial charge in [-0.1, -0.05) is 146 Å². The molecule has 4 nitrogen and oxygen atoms in total. The minimum Gasteiger partial charge on any atom is -0.456 e. The van der Waals surface area contributed by atoms with Gasteiger partial charge in [-0.15, -0.1) is 0 Å². The molecule has 0 saturated heterocycles. The monoisotopic (exact) mass is 877 g/mol. The highest BCUT2D eigenvalue weighted by atomic mass is 16.3. The maximum absolute atomic E-state index is 6.46. The SMILES string of the molecule is Cc1ccc(-c2ccc(CCc3cc(CCc4ccc(-c5ccc(C)cn5)cc4)cc(-c4ccccc4-c4ccc(-c5ccc(C)cn5)cc4-c4ccc5c(c4)oc4ccccc45)c3)cc2)nc1. The Hall–Kier alpha value is -8.21. The van der Waals surface area contributed by atoms with Gasteiger partial charge in [0, 0.05) is 46.1 Å². The summed E-state index contributed by atoms with van der Waals surface area (Å²) in [5.41, 5.74) is 23.8. The van der Waals surface area contributed by atoms with Gasteiger partial charge in [-0.2, -0.15) is 0 Å². The van der Waals surface area contributed by atoms with Gasteiger partial charge < -0.3 is 4.42 Å². The second kappa shape index (κ2) is 18.6. The first-order valence-electron chi connectivity index (χ1n) is 23.6. The Morgan fingerprint density at radius 1 is 0.309 bits per heavy atom. The minimum absolute atomic E-state index is 0.877. The summed E-state index contributed by atoms with van der Waals surface area (Å²) >= 11 is 0. The van der Waals surface area contributed by atoms with Crippen LogP contribution in [-0.2, 0) is 25.7 Å². The van der Waals surface area contributed by atoms with Crippen LogP contribution in [0.25, 0.3) is 89.1 Å². The van der Waals surface area contributed by atoms with Crippen LogP contribution in [-0.4, -0.2) is 15.0 Å². The molecule has 328 valence electrons. The number of aromatic nitrogens is 3. The van der Waals surface area contributed by atoms with Crippen LogP contribution in [0.4, 0.5) is 0 Å². The zero-order chi connectivity index (χ0) is 46.0. The molecule has 0 spiro atoms. The van der Waals surface area contributed by atoms with Crippen molar-refractivity contribution >= 4 is 21.9 Å². The molecule has 0 radical (unpaired) electrons. The predicted molar refractivity (Wildman–Crippen MR) is 282 cm³/mol. The summed E-state index contributed by atoms with van der Waals surface area (Å²) in [4.78, 5) is 14.2. The lowest BCUT2D eigenvalue weighted by Gasteiger charge is -2.18. The highest BCUT2D eigenvalue weighted by molar-refractivity contribution is 6.06. The molecule has 68 heavy (non-hydrogen) atoms. The van der Waals surface area contributed by atoms with E-state index in [2.05, 4.69) is 207 Å². The first-order valence-corrected chi connectivity index (χ1v) is 23.6. The highest BCUT2D eigenvalue weighted by Gasteiger charge is 2.18. The molecule has 11 aromatic rings. The molecule has 0 bridgehead atoms. The highest BCUT2D eigenvalue weighted by Crippen LogP contribution is 2.42. The van der Waals surface area contributed by atoms with Crippen molar-refractivity contribution < 1.29 is 4.42 Å². The summed E-state index contributed by atoms with van der Waals surface area (Å²) in [6.07, 6.45) is 9.52. The average molecular weight is 878 g/mol. The molecule has 4 aromatic heterocycles. The lowest BCUT2D eigenvalue weighted by Crippen LogP contribution is -1.98. The number of nitrogens with zero attached hydrogens (tertiary/aromatic N) is 3. The van der Waals surface area contributed by atoms with Gasteiger partial charge in [0.25, 0.3) is 0 Å². The maximum atomic E-state index is 6.46. The number of fused-ring (bicyclic) bond motifs is 3. The molecular formula is C64H51N3O. The number of hydrogen-bond donors (Lipinski definition) is 0. The predicted octanol–water partition coefficient (Wildman–Crippen LogP) is 16.3. The third kappa shape index (κ3) is 9.01. The van der Waals surface area contributed by atoms with Crippen LogP contribution in [0.3, 0.4) is 0 Å². The van der Waals surface area contributed by atoms with Crippen LogP contribution in [0.15, 0.2) is 211 Å². The molecule has 11 rings (SSSR count). The van der Waals surface area contributed by atoms with Crippen molar-refractivity contribution in [2.75, 3.05) is 0 Å². The molecule has 0 aliphatic rings. The molecule has 0 aliphatic heterocycles. The van der Waals surface area contributed by atoms with Crippen LogP contribution >= 0.6 is 0 Å². The van der Waals surface area contributed by atoms with E-state index in [0.717, 1.165) is 115 Å². The van der Waals surface area contributed by atoms with Crippen molar-refractivity contribution in [3.8, 4) is 67.2 Å². The molecule has 0 aliphatic carbocycles. The lowest BCUT2D eigenvalue weighted by atomic mass is 9.86. The van der Waals surface area contributed by atoms with E-state index >= 15 is 0 Å². The van der Waals surface area contributed by atoms with E-state index in [-0.39, 0.29) is 0 Å². The van der Waals surface area contributed by atoms with Gasteiger partial charge in [-0.25, -0.2) is 0 Å². The zero-order valence-electron chi connectivity index (χ0n) is 38.7. The number of benzene rings is 7. The van der Waals surface area contributed by atoms with Gasteiger partial charge in [-0.3, -0.25) is 15.0 Å². The van der Waals surface area contributed by atoms with Crippen molar-refractivity contribution in [1.29, 1.82) is 0 Å². The smallest absolute Gasteiger partial charge is 0.136 e. The van der Waals surface area contributed by atoms with Crippen LogP contribution in [0.1, 0.15) is 38.9 Å². The van der Waals surface area contributed by atoms with Gasteiger partial charge in [0.2, 0.25) is 0 Å². The van der Waals surface area contributed by atoms with E-state index in [4.69, 9.17) is 9.40 Å². The number of pyridine rings is 3. The van der Waals surface area contributed by atoms with Crippen molar-refractivity contribution in [2.45, 2.75) is 46.5 Å². The summed E-state index contributed by atoms with van der Waals surface area (Å²) in [7, 11) is 0. The molecule has 0 saturated carbocycles. The van der Waals surface area contributed by atoms with Gasteiger partial charge >= 0.3 is 0 Å². The second-order valence-electron chi connectivity index (χ2n) is 18.2. The molecule has 4 heterocycles. The van der Waals surface area contributed by atoms with Gasteiger partial charge in [0.1, 0.15) is 11.2 Å². The number of hydrogen-bond acceptors (Lipinski definition) is 4. The molecule has 4 heteroatoms. The summed E-state index contributed by atoms with van der Waals surface area (Å²) in [6.45, 7) is 6.22. The first-order chi connectivity index (χ1) is 33.4. The number of rotatable bonds is 12. The number of furan rings is 1. The fourth-order valence-electron chi connectivity index (χ4n) is 9.42. The summed E-state index contributed by atoms with van der Waals surface area (Å²) < 4.78 is 6.46. The van der Waals surface area contributed by atoms with E-state index in [1.165, 1.54) is 38.9 Å². The molecule has 0 fully saturated rings. The molecule has 0 N–H and O–H groups in total. The summed E-state index contributed by atoms with van der Waals surface area (Å²) in [5, 5.41) is 2.24. The van der Waals surface area contributed by atoms with E-state index in [9.17, 15) is 0 Å².